The molecule has 0 saturated carbocycles. The Morgan fingerprint density at radius 1 is 1.17 bits per heavy atom. The molecule has 35 heavy (non-hydrogen) atoms. The van der Waals surface area contributed by atoms with Crippen molar-refractivity contribution in [2.75, 3.05) is 5.32 Å². The number of hydrogen-bond donors (Lipinski definition) is 2. The summed E-state index contributed by atoms with van der Waals surface area (Å²) in [6.45, 7) is 5.58. The number of benzene rings is 1. The van der Waals surface area contributed by atoms with Crippen LogP contribution in [0.4, 0.5) is 5.69 Å². The van der Waals surface area contributed by atoms with Crippen molar-refractivity contribution in [2.45, 2.75) is 32.6 Å². The van der Waals surface area contributed by atoms with E-state index in [9.17, 15) is 14.7 Å². The maximum Gasteiger partial charge on any atom is 0.296 e. The van der Waals surface area contributed by atoms with Crippen molar-refractivity contribution in [1.29, 1.82) is 0 Å². The van der Waals surface area contributed by atoms with Crippen LogP contribution in [0.1, 0.15) is 57.7 Å². The molecule has 10 nitrogen and oxygen atoms in total. The van der Waals surface area contributed by atoms with Crippen LogP contribution in [0.15, 0.2) is 52.2 Å². The van der Waals surface area contributed by atoms with Gasteiger partial charge in [0.25, 0.3) is 11.5 Å². The molecule has 2 unspecified atom stereocenters. The summed E-state index contributed by atoms with van der Waals surface area (Å²) in [4.78, 5) is 39.3. The molecule has 4 rings (SSSR count). The molecule has 3 heterocycles. The number of anilines is 1. The Morgan fingerprint density at radius 3 is 2.57 bits per heavy atom. The summed E-state index contributed by atoms with van der Waals surface area (Å²) in [5.41, 5.74) is 2.02. The molecule has 0 aliphatic rings. The average Bonchev–Trinajstić information content (AvgIpc) is 3.34. The van der Waals surface area contributed by atoms with E-state index in [0.29, 0.717) is 10.7 Å². The van der Waals surface area contributed by atoms with Gasteiger partial charge in [0, 0.05) is 30.1 Å². The normalized spacial score (nSPS) is 12.8. The number of carbonyl (C=O) groups is 1. The highest BCUT2D eigenvalue weighted by atomic mass is 35.5. The lowest BCUT2D eigenvalue weighted by atomic mass is 9.83. The molecule has 0 radical (unpaired) electrons. The quantitative estimate of drug-likeness (QED) is 0.414. The first kappa shape index (κ1) is 24.1. The lowest BCUT2D eigenvalue weighted by Gasteiger charge is -2.26. The van der Waals surface area contributed by atoms with Crippen molar-refractivity contribution in [3.63, 3.8) is 0 Å². The van der Waals surface area contributed by atoms with Crippen LogP contribution in [0.5, 0.6) is 5.75 Å². The second kappa shape index (κ2) is 9.67. The van der Waals surface area contributed by atoms with E-state index >= 15 is 0 Å². The summed E-state index contributed by atoms with van der Waals surface area (Å²) in [6, 6.07) is 7.32. The molecule has 180 valence electrons. The van der Waals surface area contributed by atoms with Crippen LogP contribution in [0.2, 0.25) is 5.02 Å². The van der Waals surface area contributed by atoms with E-state index in [1.807, 2.05) is 39.0 Å². The first-order valence-electron chi connectivity index (χ1n) is 10.7. The zero-order valence-electron chi connectivity index (χ0n) is 19.5. The van der Waals surface area contributed by atoms with E-state index in [0.717, 1.165) is 17.0 Å². The van der Waals surface area contributed by atoms with E-state index in [1.165, 1.54) is 24.1 Å². The van der Waals surface area contributed by atoms with Crippen LogP contribution in [0.25, 0.3) is 0 Å². The van der Waals surface area contributed by atoms with E-state index in [1.54, 1.807) is 12.3 Å². The number of aromatic hydroxyl groups is 1. The summed E-state index contributed by atoms with van der Waals surface area (Å²) in [7, 11) is 1.48. The van der Waals surface area contributed by atoms with E-state index in [4.69, 9.17) is 21.1 Å². The maximum atomic E-state index is 12.9. The molecular formula is C24H23ClN6O4. The molecule has 2 atom stereocenters. The summed E-state index contributed by atoms with van der Waals surface area (Å²) in [5, 5.41) is 17.0. The van der Waals surface area contributed by atoms with E-state index < -0.39 is 34.7 Å². The van der Waals surface area contributed by atoms with Crippen molar-refractivity contribution < 1.29 is 14.4 Å². The Balaban J connectivity index is 1.86. The van der Waals surface area contributed by atoms with Crippen molar-refractivity contribution in [2.24, 2.45) is 7.05 Å². The van der Waals surface area contributed by atoms with Crippen LogP contribution in [-0.4, -0.2) is 35.7 Å². The van der Waals surface area contributed by atoms with Crippen LogP contribution in [0.3, 0.4) is 0 Å². The van der Waals surface area contributed by atoms with Gasteiger partial charge in [-0.2, -0.15) is 0 Å². The van der Waals surface area contributed by atoms with Gasteiger partial charge in [-0.05, 0) is 25.5 Å². The number of halogens is 1. The molecule has 0 saturated heterocycles. The fourth-order valence-electron chi connectivity index (χ4n) is 3.90. The Kier molecular flexibility index (Phi) is 6.65. The summed E-state index contributed by atoms with van der Waals surface area (Å²) in [5.74, 6) is -2.23. The number of nitrogens with one attached hydrogen (secondary N) is 1. The highest BCUT2D eigenvalue weighted by molar-refractivity contribution is 6.31. The summed E-state index contributed by atoms with van der Waals surface area (Å²) in [6.07, 6.45) is 4.17. The maximum absolute atomic E-state index is 12.9. The van der Waals surface area contributed by atoms with Gasteiger partial charge in [0.15, 0.2) is 5.69 Å². The molecule has 4 aromatic rings. The van der Waals surface area contributed by atoms with Crippen LogP contribution < -0.4 is 10.9 Å². The number of nitrogens with zero attached hydrogens (tertiary/aromatic N) is 5. The molecule has 3 aromatic heterocycles. The van der Waals surface area contributed by atoms with Crippen molar-refractivity contribution in [1.82, 2.24) is 24.7 Å². The van der Waals surface area contributed by atoms with E-state index in [2.05, 4.69) is 20.4 Å². The average molecular weight is 495 g/mol. The minimum Gasteiger partial charge on any atom is -0.501 e. The van der Waals surface area contributed by atoms with Crippen LogP contribution >= 0.6 is 11.6 Å². The third-order valence-corrected chi connectivity index (χ3v) is 6.23. The van der Waals surface area contributed by atoms with E-state index in [-0.39, 0.29) is 11.5 Å². The van der Waals surface area contributed by atoms with Gasteiger partial charge >= 0.3 is 0 Å². The second-order valence-corrected chi connectivity index (χ2v) is 8.56. The van der Waals surface area contributed by atoms with Gasteiger partial charge in [0.1, 0.15) is 17.8 Å². The Morgan fingerprint density at radius 2 is 1.91 bits per heavy atom. The number of aryl methyl sites for hydroxylation is 2. The van der Waals surface area contributed by atoms with Gasteiger partial charge in [0.05, 0.1) is 23.3 Å². The standard InChI is InChI=1S/C24H23ClN6O4/c1-12(19(16-7-5-6-8-17(16)25)18-10-26-13(2)14(3)28-18)22-30-20(21(32)24(34)31(22)4)23(33)29-15-9-27-35-11-15/h5-12,19,32H,1-4H3,(H,29,33). The van der Waals surface area contributed by atoms with Crippen molar-refractivity contribution in [3.05, 3.63) is 92.5 Å². The van der Waals surface area contributed by atoms with Crippen LogP contribution in [0, 0.1) is 13.8 Å². The molecule has 1 amide bonds. The fourth-order valence-corrected chi connectivity index (χ4v) is 4.15. The lowest BCUT2D eigenvalue weighted by Crippen LogP contribution is -2.29. The zero-order chi connectivity index (χ0) is 25.3. The van der Waals surface area contributed by atoms with Gasteiger partial charge in [-0.3, -0.25) is 24.1 Å². The minimum absolute atomic E-state index is 0.255. The van der Waals surface area contributed by atoms with Gasteiger partial charge in [-0.15, -0.1) is 0 Å². The molecule has 11 heteroatoms. The van der Waals surface area contributed by atoms with Gasteiger partial charge < -0.3 is 14.9 Å². The van der Waals surface area contributed by atoms with Crippen LogP contribution in [-0.2, 0) is 7.05 Å². The first-order chi connectivity index (χ1) is 16.7. The fraction of sp³-hybridized carbons (Fsp3) is 0.250. The van der Waals surface area contributed by atoms with Gasteiger partial charge in [-0.25, -0.2) is 4.98 Å². The molecule has 0 aliphatic heterocycles. The Bertz CT molecular complexity index is 1450. The molecule has 0 fully saturated rings. The third kappa shape index (κ3) is 4.65. The number of amides is 1. The summed E-state index contributed by atoms with van der Waals surface area (Å²) >= 11 is 6.57. The SMILES string of the molecule is Cc1ncc(C(c2ccccc2Cl)C(C)c2nc(C(=O)Nc3cnoc3)c(O)c(=O)n2C)nc1C. The predicted octanol–water partition coefficient (Wildman–Crippen LogP) is 3.72. The second-order valence-electron chi connectivity index (χ2n) is 8.15. The lowest BCUT2D eigenvalue weighted by molar-refractivity contribution is 0.101. The molecule has 1 aromatic carbocycles. The molecule has 0 bridgehead atoms. The molecule has 0 aliphatic carbocycles. The molecular weight excluding hydrogens is 472 g/mol. The number of aromatic nitrogens is 5. The highest BCUT2D eigenvalue weighted by Crippen LogP contribution is 2.39. The number of carbonyl (C=O) groups excluding carboxylic acids is 1. The van der Waals surface area contributed by atoms with Crippen molar-refractivity contribution >= 4 is 23.2 Å². The first-order valence-corrected chi connectivity index (χ1v) is 11.1. The van der Waals surface area contributed by atoms with Gasteiger partial charge in [-0.1, -0.05) is 41.9 Å². The van der Waals surface area contributed by atoms with Crippen molar-refractivity contribution in [3.8, 4) is 5.75 Å². The Hall–Kier alpha value is -4.05. The third-order valence-electron chi connectivity index (χ3n) is 5.88. The molecule has 2 N–H and O–H groups in total. The predicted molar refractivity (Wildman–Crippen MR) is 129 cm³/mol. The monoisotopic (exact) mass is 494 g/mol. The zero-order valence-corrected chi connectivity index (χ0v) is 20.2. The number of rotatable bonds is 6. The topological polar surface area (TPSA) is 136 Å². The Labute approximate surface area is 205 Å². The smallest absolute Gasteiger partial charge is 0.296 e. The summed E-state index contributed by atoms with van der Waals surface area (Å²) < 4.78 is 5.92. The largest absolute Gasteiger partial charge is 0.501 e. The van der Waals surface area contributed by atoms with Gasteiger partial charge in [0.2, 0.25) is 5.75 Å². The minimum atomic E-state index is -0.780. The number of hydrogen-bond acceptors (Lipinski definition) is 8. The highest BCUT2D eigenvalue weighted by Gasteiger charge is 2.31. The molecule has 0 spiro atoms.